The lowest BCUT2D eigenvalue weighted by Crippen LogP contribution is -2.58. The van der Waals surface area contributed by atoms with Gasteiger partial charge < -0.3 is 25.0 Å². The minimum absolute atomic E-state index is 0.0113. The number of hydrogen-bond donors (Lipinski definition) is 2. The number of amides is 3. The molecule has 9 heteroatoms. The van der Waals surface area contributed by atoms with E-state index in [0.29, 0.717) is 55.2 Å². The molecule has 202 valence electrons. The third-order valence-electron chi connectivity index (χ3n) is 7.97. The van der Waals surface area contributed by atoms with E-state index in [1.807, 2.05) is 39.0 Å². The minimum Gasteiger partial charge on any atom is -0.494 e. The summed E-state index contributed by atoms with van der Waals surface area (Å²) in [6.45, 7) is 7.48. The number of likely N-dealkylation sites (tertiary alicyclic amines) is 1. The van der Waals surface area contributed by atoms with E-state index in [9.17, 15) is 14.4 Å². The average molecular weight is 524 g/mol. The normalized spacial score (nSPS) is 19.8. The number of benzene rings is 2. The van der Waals surface area contributed by atoms with Crippen molar-refractivity contribution >= 4 is 23.6 Å². The number of urea groups is 1. The summed E-state index contributed by atoms with van der Waals surface area (Å²) in [5.41, 5.74) is 3.35. The molecule has 1 saturated heterocycles. The Morgan fingerprint density at radius 3 is 2.61 bits per heavy atom. The van der Waals surface area contributed by atoms with Gasteiger partial charge in [0.15, 0.2) is 0 Å². The van der Waals surface area contributed by atoms with Crippen molar-refractivity contribution in [2.45, 2.75) is 57.9 Å². The Morgan fingerprint density at radius 1 is 1.13 bits per heavy atom. The van der Waals surface area contributed by atoms with Crippen molar-refractivity contribution in [3.63, 3.8) is 0 Å². The lowest BCUT2D eigenvalue weighted by Gasteiger charge is -2.45. The lowest BCUT2D eigenvalue weighted by atomic mass is 9.86. The van der Waals surface area contributed by atoms with Gasteiger partial charge >= 0.3 is 12.0 Å². The predicted octanol–water partition coefficient (Wildman–Crippen LogP) is 4.51. The molecule has 5 rings (SSSR count). The summed E-state index contributed by atoms with van der Waals surface area (Å²) >= 11 is 0. The van der Waals surface area contributed by atoms with Crippen LogP contribution in [0.4, 0.5) is 14.9 Å². The van der Waals surface area contributed by atoms with Crippen LogP contribution in [0.2, 0.25) is 0 Å². The first kappa shape index (κ1) is 26.0. The summed E-state index contributed by atoms with van der Waals surface area (Å²) in [7, 11) is 0. The zero-order valence-corrected chi connectivity index (χ0v) is 22.1. The Labute approximate surface area is 221 Å². The number of fused-ring (bicyclic) bond motifs is 2. The Balaban J connectivity index is 1.42. The molecular weight excluding hydrogens is 489 g/mol. The highest BCUT2D eigenvalue weighted by Gasteiger charge is 2.42. The Bertz CT molecular complexity index is 1290. The summed E-state index contributed by atoms with van der Waals surface area (Å²) < 4.78 is 20.7. The van der Waals surface area contributed by atoms with Crippen LogP contribution in [0.1, 0.15) is 61.9 Å². The number of ether oxygens (including phenoxy) is 1. The van der Waals surface area contributed by atoms with Gasteiger partial charge in [0.25, 0.3) is 5.91 Å². The standard InChI is InChI=1S/C29H34FN3O5/c1-4-38-21-5-6-22-18(13-21)8-10-33(28(37)32-15-17(16-32)11-24(34)35)26(22)27(36)31-20-12-19-7-9-29(2,3)25(19)23(30)14-20/h5-6,12-14,17,26H,4,7-11,15-16H2,1-3H3,(H,31,36)(H,34,35)/t26-/m1/s1. The number of halogens is 1. The van der Waals surface area contributed by atoms with Crippen LogP contribution in [-0.4, -0.2) is 59.1 Å². The van der Waals surface area contributed by atoms with Crippen molar-refractivity contribution in [3.05, 3.63) is 58.4 Å². The molecule has 2 N–H and O–H groups in total. The van der Waals surface area contributed by atoms with E-state index in [4.69, 9.17) is 9.84 Å². The molecule has 2 aromatic carbocycles. The van der Waals surface area contributed by atoms with Crippen LogP contribution in [0.3, 0.4) is 0 Å². The summed E-state index contributed by atoms with van der Waals surface area (Å²) in [4.78, 5) is 41.4. The first-order chi connectivity index (χ1) is 18.1. The first-order valence-corrected chi connectivity index (χ1v) is 13.2. The molecular formula is C29H34FN3O5. The number of hydrogen-bond acceptors (Lipinski definition) is 4. The van der Waals surface area contributed by atoms with Gasteiger partial charge in [0.2, 0.25) is 0 Å². The Hall–Kier alpha value is -3.62. The van der Waals surface area contributed by atoms with Crippen LogP contribution >= 0.6 is 0 Å². The van der Waals surface area contributed by atoms with Crippen molar-refractivity contribution in [1.29, 1.82) is 0 Å². The van der Waals surface area contributed by atoms with Crippen LogP contribution in [-0.2, 0) is 27.8 Å². The summed E-state index contributed by atoms with van der Waals surface area (Å²) in [6, 6.07) is 7.51. The average Bonchev–Trinajstić information content (AvgIpc) is 3.14. The molecule has 1 aliphatic carbocycles. The van der Waals surface area contributed by atoms with Gasteiger partial charge in [-0.15, -0.1) is 0 Å². The van der Waals surface area contributed by atoms with E-state index in [1.54, 1.807) is 15.9 Å². The van der Waals surface area contributed by atoms with E-state index < -0.39 is 17.9 Å². The second kappa shape index (κ2) is 9.93. The molecule has 0 unspecified atom stereocenters. The Kier molecular flexibility index (Phi) is 6.79. The number of aryl methyl sites for hydroxylation is 1. The van der Waals surface area contributed by atoms with Gasteiger partial charge in [-0.25, -0.2) is 9.18 Å². The molecule has 1 atom stereocenters. The SMILES string of the molecule is CCOc1ccc2c(c1)CCN(C(=O)N1CC(CC(=O)O)C1)[C@H]2C(=O)Nc1cc(F)c2c(c1)CCC2(C)C. The molecule has 8 nitrogen and oxygen atoms in total. The van der Waals surface area contributed by atoms with Gasteiger partial charge in [-0.3, -0.25) is 9.59 Å². The maximum atomic E-state index is 15.1. The highest BCUT2D eigenvalue weighted by Crippen LogP contribution is 2.42. The third-order valence-corrected chi connectivity index (χ3v) is 7.97. The van der Waals surface area contributed by atoms with E-state index >= 15 is 4.39 Å². The number of carboxylic acids is 1. The molecule has 0 bridgehead atoms. The maximum Gasteiger partial charge on any atom is 0.320 e. The number of nitrogens with one attached hydrogen (secondary N) is 1. The topological polar surface area (TPSA) is 99.2 Å². The Morgan fingerprint density at radius 2 is 1.89 bits per heavy atom. The van der Waals surface area contributed by atoms with E-state index in [1.165, 1.54) is 6.07 Å². The molecule has 2 aromatic rings. The summed E-state index contributed by atoms with van der Waals surface area (Å²) in [6.07, 6.45) is 2.15. The monoisotopic (exact) mass is 523 g/mol. The van der Waals surface area contributed by atoms with Crippen molar-refractivity contribution in [1.82, 2.24) is 9.80 Å². The van der Waals surface area contributed by atoms with Crippen molar-refractivity contribution < 1.29 is 28.6 Å². The number of carbonyl (C=O) groups is 3. The van der Waals surface area contributed by atoms with Gasteiger partial charge in [0.05, 0.1) is 13.0 Å². The number of carboxylic acid groups (broad SMARTS) is 1. The van der Waals surface area contributed by atoms with Gasteiger partial charge in [-0.2, -0.15) is 0 Å². The van der Waals surface area contributed by atoms with Gasteiger partial charge in [-0.05, 0) is 78.1 Å². The molecule has 1 fully saturated rings. The smallest absolute Gasteiger partial charge is 0.320 e. The molecule has 0 saturated carbocycles. The largest absolute Gasteiger partial charge is 0.494 e. The van der Waals surface area contributed by atoms with Crippen LogP contribution in [0, 0.1) is 11.7 Å². The van der Waals surface area contributed by atoms with E-state index in [-0.39, 0.29) is 29.6 Å². The van der Waals surface area contributed by atoms with Crippen molar-refractivity contribution in [2.24, 2.45) is 5.92 Å². The lowest BCUT2D eigenvalue weighted by molar-refractivity contribution is -0.139. The molecule has 0 spiro atoms. The van der Waals surface area contributed by atoms with Crippen molar-refractivity contribution in [2.75, 3.05) is 31.6 Å². The molecule has 2 aliphatic heterocycles. The highest BCUT2D eigenvalue weighted by atomic mass is 19.1. The summed E-state index contributed by atoms with van der Waals surface area (Å²) in [5, 5.41) is 11.9. The molecule has 38 heavy (non-hydrogen) atoms. The predicted molar refractivity (Wildman–Crippen MR) is 140 cm³/mol. The first-order valence-electron chi connectivity index (χ1n) is 13.2. The zero-order chi connectivity index (χ0) is 27.2. The molecule has 0 aromatic heterocycles. The fraction of sp³-hybridized carbons (Fsp3) is 0.483. The fourth-order valence-corrected chi connectivity index (χ4v) is 6.11. The number of rotatable bonds is 6. The number of aliphatic carboxylic acids is 1. The van der Waals surface area contributed by atoms with Crippen LogP contribution < -0.4 is 10.1 Å². The van der Waals surface area contributed by atoms with E-state index in [0.717, 1.165) is 24.0 Å². The molecule has 0 radical (unpaired) electrons. The van der Waals surface area contributed by atoms with Gasteiger partial charge in [0, 0.05) is 31.2 Å². The van der Waals surface area contributed by atoms with Crippen LogP contribution in [0.15, 0.2) is 30.3 Å². The quantitative estimate of drug-likeness (QED) is 0.581. The fourth-order valence-electron chi connectivity index (χ4n) is 6.11. The molecule has 3 amide bonds. The second-order valence-electron chi connectivity index (χ2n) is 11.2. The maximum absolute atomic E-state index is 15.1. The minimum atomic E-state index is -0.909. The zero-order valence-electron chi connectivity index (χ0n) is 22.1. The second-order valence-corrected chi connectivity index (χ2v) is 11.2. The van der Waals surface area contributed by atoms with E-state index in [2.05, 4.69) is 5.32 Å². The van der Waals surface area contributed by atoms with Crippen molar-refractivity contribution in [3.8, 4) is 5.75 Å². The summed E-state index contributed by atoms with van der Waals surface area (Å²) in [5.74, 6) is -1.02. The van der Waals surface area contributed by atoms with Crippen LogP contribution in [0.5, 0.6) is 5.75 Å². The number of carbonyl (C=O) groups excluding carboxylic acids is 2. The molecule has 3 aliphatic rings. The van der Waals surface area contributed by atoms with Gasteiger partial charge in [-0.1, -0.05) is 19.9 Å². The molecule has 2 heterocycles. The highest BCUT2D eigenvalue weighted by molar-refractivity contribution is 5.98. The van der Waals surface area contributed by atoms with Crippen LogP contribution in [0.25, 0.3) is 0 Å². The number of anilines is 1. The van der Waals surface area contributed by atoms with Gasteiger partial charge in [0.1, 0.15) is 17.6 Å². The number of nitrogens with zero attached hydrogens (tertiary/aromatic N) is 2. The third kappa shape index (κ3) is 4.81.